The van der Waals surface area contributed by atoms with Crippen molar-refractivity contribution in [3.05, 3.63) is 11.5 Å². The number of fused-ring (bicyclic) bond motifs is 1. The third-order valence-corrected chi connectivity index (χ3v) is 3.55. The first-order chi connectivity index (χ1) is 7.84. The Hall–Kier alpha value is -0.910. The largest absolute Gasteiger partial charge is 0.349 e. The van der Waals surface area contributed by atoms with Gasteiger partial charge in [0.25, 0.3) is 0 Å². The molecule has 0 saturated carbocycles. The predicted molar refractivity (Wildman–Crippen MR) is 64.5 cm³/mol. The fourth-order valence-electron chi connectivity index (χ4n) is 2.46. The van der Waals surface area contributed by atoms with Crippen molar-refractivity contribution in [1.29, 1.82) is 0 Å². The molecule has 0 amide bonds. The molecule has 1 N–H and O–H groups in total. The number of aliphatic imine (C=N–C) groups is 1. The average molecular weight is 221 g/mol. The Morgan fingerprint density at radius 1 is 1.31 bits per heavy atom. The quantitative estimate of drug-likeness (QED) is 0.588. The van der Waals surface area contributed by atoms with Gasteiger partial charge in [0.15, 0.2) is 5.82 Å². The first-order valence-corrected chi connectivity index (χ1v) is 6.03. The summed E-state index contributed by atoms with van der Waals surface area (Å²) in [6.07, 6.45) is 1.99. The van der Waals surface area contributed by atoms with Crippen molar-refractivity contribution < 1.29 is 0 Å². The van der Waals surface area contributed by atoms with E-state index in [1.54, 1.807) is 0 Å². The molecule has 2 fully saturated rings. The van der Waals surface area contributed by atoms with Crippen LogP contribution in [0, 0.1) is 0 Å². The molecule has 3 heterocycles. The highest BCUT2D eigenvalue weighted by molar-refractivity contribution is 5.68. The summed E-state index contributed by atoms with van der Waals surface area (Å²) in [5.41, 5.74) is 1.36. The van der Waals surface area contributed by atoms with Gasteiger partial charge in [-0.2, -0.15) is 4.99 Å². The smallest absolute Gasteiger partial charge is 0.246 e. The fraction of sp³-hybridized carbons (Fsp3) is 0.727. The topological polar surface area (TPSA) is 36.8 Å². The van der Waals surface area contributed by atoms with Crippen LogP contribution in [-0.4, -0.2) is 69.0 Å². The number of hydrogen-bond acceptors (Lipinski definition) is 5. The van der Waals surface area contributed by atoms with Crippen molar-refractivity contribution in [2.24, 2.45) is 4.99 Å². The zero-order valence-electron chi connectivity index (χ0n) is 9.82. The molecule has 3 rings (SSSR count). The van der Waals surface area contributed by atoms with E-state index in [1.165, 1.54) is 11.5 Å². The van der Waals surface area contributed by atoms with Crippen LogP contribution in [-0.2, 0) is 0 Å². The molecule has 1 radical (unpaired) electrons. The number of rotatable bonds is 1. The lowest BCUT2D eigenvalue weighted by Crippen LogP contribution is -2.47. The highest BCUT2D eigenvalue weighted by atomic mass is 15.4. The Morgan fingerprint density at radius 2 is 2.12 bits per heavy atom. The summed E-state index contributed by atoms with van der Waals surface area (Å²) in [4.78, 5) is 11.6. The van der Waals surface area contributed by atoms with E-state index in [4.69, 9.17) is 0 Å². The van der Waals surface area contributed by atoms with E-state index in [0.717, 1.165) is 45.8 Å². The molecule has 3 aliphatic rings. The maximum Gasteiger partial charge on any atom is 0.246 e. The molecular formula is C11H19N5+. The highest BCUT2D eigenvalue weighted by Gasteiger charge is 2.35. The first-order valence-electron chi connectivity index (χ1n) is 6.03. The number of hydrogen-bond donors (Lipinski definition) is 1. The average Bonchev–Trinajstić information content (AvgIpc) is 2.74. The van der Waals surface area contributed by atoms with Gasteiger partial charge in [-0.15, -0.1) is 0 Å². The molecule has 5 heteroatoms. The van der Waals surface area contributed by atoms with Gasteiger partial charge >= 0.3 is 0 Å². The summed E-state index contributed by atoms with van der Waals surface area (Å²) in [6, 6.07) is 0. The minimum absolute atomic E-state index is 0.960. The third-order valence-electron chi connectivity index (χ3n) is 3.55. The molecule has 0 atom stereocenters. The van der Waals surface area contributed by atoms with Crippen molar-refractivity contribution in [3.63, 3.8) is 0 Å². The third kappa shape index (κ3) is 1.75. The molecule has 0 aromatic carbocycles. The summed E-state index contributed by atoms with van der Waals surface area (Å²) < 4.78 is 0. The first kappa shape index (κ1) is 10.3. The van der Waals surface area contributed by atoms with Gasteiger partial charge in [0.2, 0.25) is 12.0 Å². The van der Waals surface area contributed by atoms with Gasteiger partial charge in [-0.25, -0.2) is 0 Å². The highest BCUT2D eigenvalue weighted by Crippen LogP contribution is 2.20. The van der Waals surface area contributed by atoms with Crippen molar-refractivity contribution in [2.45, 2.75) is 0 Å². The van der Waals surface area contributed by atoms with E-state index in [1.807, 2.05) is 6.34 Å². The van der Waals surface area contributed by atoms with Crippen molar-refractivity contribution in [3.8, 4) is 0 Å². The van der Waals surface area contributed by atoms with Crippen molar-refractivity contribution in [1.82, 2.24) is 20.0 Å². The Balaban J connectivity index is 1.76. The van der Waals surface area contributed by atoms with Crippen LogP contribution < -0.4 is 10.2 Å². The van der Waals surface area contributed by atoms with Crippen molar-refractivity contribution in [2.75, 3.05) is 52.9 Å². The monoisotopic (exact) mass is 221 g/mol. The Bertz CT molecular complexity index is 327. The van der Waals surface area contributed by atoms with Crippen LogP contribution in [0.3, 0.4) is 0 Å². The van der Waals surface area contributed by atoms with E-state index >= 15 is 0 Å². The van der Waals surface area contributed by atoms with E-state index in [2.05, 4.69) is 32.1 Å². The molecule has 16 heavy (non-hydrogen) atoms. The SMILES string of the molecule is CN1CCN(C2=C3CNCC[N+]3C=N2)CC1. The lowest BCUT2D eigenvalue weighted by Gasteiger charge is -2.33. The molecule has 0 unspecified atom stereocenters. The van der Waals surface area contributed by atoms with E-state index < -0.39 is 0 Å². The van der Waals surface area contributed by atoms with Gasteiger partial charge in [-0.1, -0.05) is 4.90 Å². The molecule has 0 bridgehead atoms. The van der Waals surface area contributed by atoms with Crippen LogP contribution >= 0.6 is 0 Å². The molecule has 0 aromatic rings. The second kappa shape index (κ2) is 4.16. The Kier molecular flexibility index (Phi) is 2.67. The fourth-order valence-corrected chi connectivity index (χ4v) is 2.46. The van der Waals surface area contributed by atoms with Gasteiger partial charge in [-0.3, -0.25) is 0 Å². The maximum atomic E-state index is 4.58. The van der Waals surface area contributed by atoms with Crippen LogP contribution in [0.25, 0.3) is 0 Å². The van der Waals surface area contributed by atoms with Crippen LogP contribution in [0.2, 0.25) is 0 Å². The molecule has 87 valence electrons. The second-order valence-corrected chi connectivity index (χ2v) is 4.68. The normalized spacial score (nSPS) is 27.7. The summed E-state index contributed by atoms with van der Waals surface area (Å²) in [5.74, 6) is 1.19. The van der Waals surface area contributed by atoms with Gasteiger partial charge in [0, 0.05) is 26.2 Å². The van der Waals surface area contributed by atoms with Crippen LogP contribution in [0.1, 0.15) is 0 Å². The molecule has 0 aromatic heterocycles. The number of nitrogens with one attached hydrogen (secondary N) is 1. The lowest BCUT2D eigenvalue weighted by atomic mass is 10.2. The van der Waals surface area contributed by atoms with Crippen LogP contribution in [0.15, 0.2) is 16.5 Å². The van der Waals surface area contributed by atoms with Gasteiger partial charge in [-0.05, 0) is 7.05 Å². The van der Waals surface area contributed by atoms with E-state index in [-0.39, 0.29) is 0 Å². The lowest BCUT2D eigenvalue weighted by molar-refractivity contribution is 0.183. The molecule has 0 aliphatic carbocycles. The predicted octanol–water partition coefficient (Wildman–Crippen LogP) is -0.812. The number of nitrogens with zero attached hydrogens (tertiary/aromatic N) is 4. The minimum atomic E-state index is 0.960. The number of piperazine rings is 2. The van der Waals surface area contributed by atoms with Gasteiger partial charge in [0.1, 0.15) is 6.54 Å². The second-order valence-electron chi connectivity index (χ2n) is 4.68. The zero-order valence-corrected chi connectivity index (χ0v) is 9.82. The van der Waals surface area contributed by atoms with Gasteiger partial charge < -0.3 is 15.1 Å². The summed E-state index contributed by atoms with van der Waals surface area (Å²) in [6.45, 7) is 7.55. The standard InChI is InChI=1S/C11H19N5/c1-14-4-6-15(7-5-14)11-10-8-12-2-3-16(10)9-13-11/h9,12H,2-8H2,1H3/q+1. The van der Waals surface area contributed by atoms with Crippen molar-refractivity contribution >= 4 is 6.34 Å². The minimum Gasteiger partial charge on any atom is -0.349 e. The van der Waals surface area contributed by atoms with E-state index in [0.29, 0.717) is 0 Å². The zero-order chi connectivity index (χ0) is 11.0. The molecule has 5 nitrogen and oxygen atoms in total. The van der Waals surface area contributed by atoms with Crippen LogP contribution in [0.5, 0.6) is 0 Å². The summed E-state index contributed by atoms with van der Waals surface area (Å²) in [5, 5.41) is 3.42. The molecule has 0 spiro atoms. The summed E-state index contributed by atoms with van der Waals surface area (Å²) in [7, 11) is 2.18. The molecule has 2 saturated heterocycles. The Labute approximate surface area is 96.4 Å². The Morgan fingerprint density at radius 3 is 2.94 bits per heavy atom. The van der Waals surface area contributed by atoms with Gasteiger partial charge in [0.05, 0.1) is 13.1 Å². The van der Waals surface area contributed by atoms with E-state index in [9.17, 15) is 0 Å². The summed E-state index contributed by atoms with van der Waals surface area (Å²) >= 11 is 0. The molecular weight excluding hydrogens is 202 g/mol. The maximum absolute atomic E-state index is 4.58. The molecule has 3 aliphatic heterocycles. The number of likely N-dealkylation sites (N-methyl/N-ethyl adjacent to an activating group) is 1. The van der Waals surface area contributed by atoms with Crippen LogP contribution in [0.4, 0.5) is 0 Å².